The maximum atomic E-state index is 13.9. The van der Waals surface area contributed by atoms with E-state index in [-0.39, 0.29) is 36.1 Å². The van der Waals surface area contributed by atoms with E-state index in [9.17, 15) is 14.4 Å². The Hall–Kier alpha value is -2.75. The highest BCUT2D eigenvalue weighted by Gasteiger charge is 2.36. The molecule has 41 heavy (non-hydrogen) atoms. The van der Waals surface area contributed by atoms with Crippen molar-refractivity contribution in [1.29, 1.82) is 0 Å². The monoisotopic (exact) mass is 570 g/mol. The number of ether oxygens (including phenoxy) is 1. The summed E-state index contributed by atoms with van der Waals surface area (Å²) < 4.78 is 5.61. The molecule has 0 saturated carbocycles. The molecule has 2 N–H and O–H groups in total. The topological polar surface area (TPSA) is 100 Å². The average molecular weight is 571 g/mol. The molecule has 1 unspecified atom stereocenters. The second-order valence-electron chi connectivity index (χ2n) is 12.1. The van der Waals surface area contributed by atoms with Gasteiger partial charge in [0.25, 0.3) is 5.91 Å². The van der Waals surface area contributed by atoms with Gasteiger partial charge in [0.05, 0.1) is 18.4 Å². The molecule has 3 atom stereocenters. The van der Waals surface area contributed by atoms with Crippen LogP contribution in [0.5, 0.6) is 0 Å². The van der Waals surface area contributed by atoms with E-state index in [1.165, 1.54) is 5.01 Å². The van der Waals surface area contributed by atoms with E-state index in [0.29, 0.717) is 32.4 Å². The Morgan fingerprint density at radius 3 is 2.37 bits per heavy atom. The Balaban J connectivity index is 1.78. The van der Waals surface area contributed by atoms with Crippen molar-refractivity contribution >= 4 is 23.8 Å². The van der Waals surface area contributed by atoms with Crippen LogP contribution in [-0.2, 0) is 24.0 Å². The fourth-order valence-corrected chi connectivity index (χ4v) is 5.34. The Bertz CT molecular complexity index is 972. The molecule has 2 saturated heterocycles. The molecule has 2 aliphatic rings. The van der Waals surface area contributed by atoms with Gasteiger partial charge in [0.2, 0.25) is 11.8 Å². The van der Waals surface area contributed by atoms with E-state index in [2.05, 4.69) is 15.8 Å². The second kappa shape index (κ2) is 17.3. The van der Waals surface area contributed by atoms with Crippen LogP contribution in [0, 0.1) is 23.7 Å². The quantitative estimate of drug-likeness (QED) is 0.318. The zero-order valence-corrected chi connectivity index (χ0v) is 25.3. The van der Waals surface area contributed by atoms with E-state index in [4.69, 9.17) is 9.57 Å². The number of nitrogens with one attached hydrogen (secondary N) is 2. The summed E-state index contributed by atoms with van der Waals surface area (Å²) in [4.78, 5) is 48.5. The maximum Gasteiger partial charge on any atom is 0.255 e. The summed E-state index contributed by atoms with van der Waals surface area (Å²) in [7, 11) is 0. The van der Waals surface area contributed by atoms with Crippen molar-refractivity contribution in [3.05, 3.63) is 42.0 Å². The van der Waals surface area contributed by atoms with E-state index in [1.807, 2.05) is 70.2 Å². The lowest BCUT2D eigenvalue weighted by molar-refractivity contribution is -0.203. The number of amides is 3. The molecule has 3 rings (SSSR count). The fraction of sp³-hybridized carbons (Fsp3) is 0.656. The molecule has 1 aromatic rings. The molecule has 228 valence electrons. The predicted octanol–water partition coefficient (Wildman–Crippen LogP) is 4.55. The van der Waals surface area contributed by atoms with Crippen LogP contribution in [0.25, 0.3) is 6.08 Å². The summed E-state index contributed by atoms with van der Waals surface area (Å²) in [6, 6.07) is 9.85. The number of nitrogens with zero attached hydrogens (tertiary/aromatic N) is 2. The molecule has 9 heteroatoms. The SMILES string of the molecule is CC(C)C[C@@H](C(=O)NN(CC(C)C)C(=O)CN1CCCC1)[C@H](CC=Cc1ccccc1)C(=O)NOC1CCCCO1. The van der Waals surface area contributed by atoms with Gasteiger partial charge in [-0.2, -0.15) is 0 Å². The van der Waals surface area contributed by atoms with Gasteiger partial charge in [-0.1, -0.05) is 70.2 Å². The Kier molecular flexibility index (Phi) is 13.8. The number of carbonyl (C=O) groups excluding carboxylic acids is 3. The molecule has 0 radical (unpaired) electrons. The van der Waals surface area contributed by atoms with Crippen molar-refractivity contribution in [2.45, 2.75) is 78.9 Å². The largest absolute Gasteiger partial charge is 0.350 e. The normalized spacial score (nSPS) is 19.4. The van der Waals surface area contributed by atoms with Crippen molar-refractivity contribution in [2.24, 2.45) is 23.7 Å². The molecule has 2 heterocycles. The summed E-state index contributed by atoms with van der Waals surface area (Å²) >= 11 is 0. The number of carbonyl (C=O) groups is 3. The first-order chi connectivity index (χ1) is 19.7. The summed E-state index contributed by atoms with van der Waals surface area (Å²) in [6.07, 6.45) is 9.05. The lowest BCUT2D eigenvalue weighted by Crippen LogP contribution is -2.54. The van der Waals surface area contributed by atoms with Crippen molar-refractivity contribution in [3.63, 3.8) is 0 Å². The zero-order valence-electron chi connectivity index (χ0n) is 25.3. The highest BCUT2D eigenvalue weighted by Crippen LogP contribution is 2.26. The standard InChI is InChI=1S/C32H50N4O5/c1-24(2)21-28(31(38)33-36(22-25(3)4)29(37)23-35-18-9-10-19-35)27(16-12-15-26-13-6-5-7-14-26)32(39)34-41-30-17-8-11-20-40-30/h5-7,12-15,24-25,27-28,30H,8-11,16-23H2,1-4H3,(H,33,38)(H,34,39)/t27-,28+,30?/m0/s1. The van der Waals surface area contributed by atoms with E-state index in [0.717, 1.165) is 44.3 Å². The average Bonchev–Trinajstić information content (AvgIpc) is 3.46. The Morgan fingerprint density at radius 1 is 1.00 bits per heavy atom. The minimum Gasteiger partial charge on any atom is -0.350 e. The number of hydrazine groups is 1. The Morgan fingerprint density at radius 2 is 1.73 bits per heavy atom. The molecular weight excluding hydrogens is 520 g/mol. The van der Waals surface area contributed by atoms with Gasteiger partial charge in [0.1, 0.15) is 0 Å². The highest BCUT2D eigenvalue weighted by atomic mass is 16.8. The van der Waals surface area contributed by atoms with E-state index in [1.54, 1.807) is 0 Å². The number of likely N-dealkylation sites (tertiary alicyclic amines) is 1. The summed E-state index contributed by atoms with van der Waals surface area (Å²) in [5, 5.41) is 1.46. The molecule has 0 spiro atoms. The van der Waals surface area contributed by atoms with Gasteiger partial charge in [-0.25, -0.2) is 10.3 Å². The van der Waals surface area contributed by atoms with Crippen LogP contribution in [0.1, 0.15) is 78.2 Å². The molecule has 0 aliphatic carbocycles. The first-order valence-electron chi connectivity index (χ1n) is 15.3. The summed E-state index contributed by atoms with van der Waals surface area (Å²) in [5.41, 5.74) is 6.54. The molecule has 2 fully saturated rings. The maximum absolute atomic E-state index is 13.9. The van der Waals surface area contributed by atoms with Gasteiger partial charge >= 0.3 is 0 Å². The van der Waals surface area contributed by atoms with Gasteiger partial charge in [-0.15, -0.1) is 0 Å². The van der Waals surface area contributed by atoms with Crippen LogP contribution in [-0.4, -0.2) is 66.7 Å². The lowest BCUT2D eigenvalue weighted by atomic mass is 9.82. The van der Waals surface area contributed by atoms with Crippen molar-refractivity contribution in [2.75, 3.05) is 32.8 Å². The third-order valence-electron chi connectivity index (χ3n) is 7.46. The number of hydrogen-bond acceptors (Lipinski definition) is 6. The second-order valence-corrected chi connectivity index (χ2v) is 12.1. The van der Waals surface area contributed by atoms with E-state index >= 15 is 0 Å². The van der Waals surface area contributed by atoms with Gasteiger partial charge in [-0.3, -0.25) is 29.7 Å². The van der Waals surface area contributed by atoms with Crippen molar-refractivity contribution < 1.29 is 24.0 Å². The molecule has 0 bridgehead atoms. The van der Waals surface area contributed by atoms with Crippen molar-refractivity contribution in [1.82, 2.24) is 20.8 Å². The predicted molar refractivity (Wildman–Crippen MR) is 160 cm³/mol. The highest BCUT2D eigenvalue weighted by molar-refractivity contribution is 5.89. The van der Waals surface area contributed by atoms with Crippen LogP contribution >= 0.6 is 0 Å². The number of benzene rings is 1. The van der Waals surface area contributed by atoms with Crippen LogP contribution in [0.4, 0.5) is 0 Å². The van der Waals surface area contributed by atoms with Gasteiger partial charge in [0.15, 0.2) is 6.29 Å². The number of allylic oxidation sites excluding steroid dienone is 1. The number of hydrogen-bond donors (Lipinski definition) is 2. The fourth-order valence-electron chi connectivity index (χ4n) is 5.34. The first-order valence-corrected chi connectivity index (χ1v) is 15.3. The Labute approximate surface area is 245 Å². The molecule has 0 aromatic heterocycles. The smallest absolute Gasteiger partial charge is 0.255 e. The lowest BCUT2D eigenvalue weighted by Gasteiger charge is -2.32. The molecular formula is C32H50N4O5. The van der Waals surface area contributed by atoms with Gasteiger partial charge in [-0.05, 0) is 69.0 Å². The van der Waals surface area contributed by atoms with Crippen molar-refractivity contribution in [3.8, 4) is 0 Å². The summed E-state index contributed by atoms with van der Waals surface area (Å²) in [5.74, 6) is -1.86. The first kappa shape index (κ1) is 32.8. The van der Waals surface area contributed by atoms with Gasteiger partial charge in [0, 0.05) is 19.6 Å². The third-order valence-corrected chi connectivity index (χ3v) is 7.46. The molecule has 9 nitrogen and oxygen atoms in total. The number of rotatable bonds is 14. The van der Waals surface area contributed by atoms with Crippen LogP contribution in [0.3, 0.4) is 0 Å². The molecule has 1 aromatic carbocycles. The number of hydroxylamine groups is 1. The molecule has 3 amide bonds. The van der Waals surface area contributed by atoms with Crippen LogP contribution < -0.4 is 10.9 Å². The zero-order chi connectivity index (χ0) is 29.6. The van der Waals surface area contributed by atoms with E-state index < -0.39 is 18.1 Å². The van der Waals surface area contributed by atoms with Gasteiger partial charge < -0.3 is 4.74 Å². The van der Waals surface area contributed by atoms with Crippen LogP contribution in [0.2, 0.25) is 0 Å². The summed E-state index contributed by atoms with van der Waals surface area (Å²) in [6.45, 7) is 11.2. The minimum atomic E-state index is -0.699. The molecule has 2 aliphatic heterocycles. The minimum absolute atomic E-state index is 0.125. The van der Waals surface area contributed by atoms with Crippen LogP contribution in [0.15, 0.2) is 36.4 Å². The third kappa shape index (κ3) is 11.6.